The summed E-state index contributed by atoms with van der Waals surface area (Å²) in [5.74, 6) is 3.40. The smallest absolute Gasteiger partial charge is 0.162 e. The molecule has 0 radical (unpaired) electrons. The number of ketones is 1. The van der Waals surface area contributed by atoms with E-state index in [0.29, 0.717) is 24.2 Å². The number of carbonyl (C=O) groups excluding carboxylic acids is 1. The van der Waals surface area contributed by atoms with E-state index in [1.54, 1.807) is 7.11 Å². The molecule has 0 bridgehead atoms. The molecule has 2 aliphatic carbocycles. The van der Waals surface area contributed by atoms with Gasteiger partial charge in [-0.05, 0) is 73.3 Å². The first kappa shape index (κ1) is 19.0. The molecule has 1 atom stereocenters. The Bertz CT molecular complexity index is 653. The molecule has 0 N–H and O–H groups in total. The van der Waals surface area contributed by atoms with E-state index in [0.717, 1.165) is 41.9 Å². The van der Waals surface area contributed by atoms with Crippen LogP contribution in [-0.2, 0) is 4.79 Å². The van der Waals surface area contributed by atoms with Crippen molar-refractivity contribution in [1.29, 1.82) is 0 Å². The number of allylic oxidation sites excluding steroid dienone is 1. The van der Waals surface area contributed by atoms with E-state index in [1.807, 2.05) is 18.2 Å². The average Bonchev–Trinajstić information content (AvgIpc) is 3.26. The largest absolute Gasteiger partial charge is 0.493 e. The molecule has 2 saturated carbocycles. The van der Waals surface area contributed by atoms with Crippen LogP contribution in [-0.4, -0.2) is 19.5 Å². The molecule has 3 nitrogen and oxygen atoms in total. The van der Waals surface area contributed by atoms with Crippen molar-refractivity contribution in [3.63, 3.8) is 0 Å². The number of Topliss-reactive ketones (excluding diaryl/α,β-unsaturated/α-hetero) is 1. The van der Waals surface area contributed by atoms with Crippen molar-refractivity contribution in [3.05, 3.63) is 29.3 Å². The van der Waals surface area contributed by atoms with Gasteiger partial charge in [0.25, 0.3) is 0 Å². The summed E-state index contributed by atoms with van der Waals surface area (Å²) in [5, 5.41) is 0. The number of methoxy groups -OCH3 is 1. The third-order valence-electron chi connectivity index (χ3n) is 5.83. The molecule has 0 saturated heterocycles. The van der Waals surface area contributed by atoms with Crippen molar-refractivity contribution in [2.75, 3.05) is 13.7 Å². The molecule has 1 aromatic rings. The maximum atomic E-state index is 12.8. The number of hydrogen-bond acceptors (Lipinski definition) is 3. The van der Waals surface area contributed by atoms with E-state index in [4.69, 9.17) is 9.47 Å². The summed E-state index contributed by atoms with van der Waals surface area (Å²) in [7, 11) is 1.67. The minimum atomic E-state index is 0.268. The highest BCUT2D eigenvalue weighted by Crippen LogP contribution is 2.41. The maximum absolute atomic E-state index is 12.8. The first-order chi connectivity index (χ1) is 12.6. The average molecular weight is 357 g/mol. The predicted octanol–water partition coefficient (Wildman–Crippen LogP) is 5.67. The van der Waals surface area contributed by atoms with Crippen LogP contribution in [0.4, 0.5) is 0 Å². The first-order valence-corrected chi connectivity index (χ1v) is 10.1. The zero-order valence-corrected chi connectivity index (χ0v) is 16.4. The van der Waals surface area contributed by atoms with Crippen molar-refractivity contribution in [3.8, 4) is 11.5 Å². The number of hydrogen-bond donors (Lipinski definition) is 0. The second-order valence-corrected chi connectivity index (χ2v) is 8.16. The monoisotopic (exact) mass is 356 g/mol. The van der Waals surface area contributed by atoms with Crippen LogP contribution in [0.15, 0.2) is 23.8 Å². The highest BCUT2D eigenvalue weighted by molar-refractivity contribution is 6.03. The molecule has 3 heteroatoms. The molecule has 2 aliphatic rings. The normalized spacial score (nSPS) is 22.5. The van der Waals surface area contributed by atoms with Gasteiger partial charge in [-0.25, -0.2) is 0 Å². The van der Waals surface area contributed by atoms with Crippen LogP contribution in [0.25, 0.3) is 6.08 Å². The van der Waals surface area contributed by atoms with Gasteiger partial charge in [-0.15, -0.1) is 0 Å². The Morgan fingerprint density at radius 2 is 1.92 bits per heavy atom. The fourth-order valence-electron chi connectivity index (χ4n) is 4.26. The van der Waals surface area contributed by atoms with Gasteiger partial charge in [0, 0.05) is 5.92 Å². The number of ether oxygens (including phenoxy) is 2. The number of rotatable bonds is 7. The number of carbonyl (C=O) groups is 1. The van der Waals surface area contributed by atoms with Crippen LogP contribution in [0.2, 0.25) is 0 Å². The van der Waals surface area contributed by atoms with Gasteiger partial charge in [0.1, 0.15) is 0 Å². The van der Waals surface area contributed by atoms with Gasteiger partial charge in [0.15, 0.2) is 17.3 Å². The van der Waals surface area contributed by atoms with Crippen molar-refractivity contribution < 1.29 is 14.3 Å². The Morgan fingerprint density at radius 3 is 2.62 bits per heavy atom. The van der Waals surface area contributed by atoms with E-state index >= 15 is 0 Å². The van der Waals surface area contributed by atoms with E-state index < -0.39 is 0 Å². The Balaban J connectivity index is 1.69. The predicted molar refractivity (Wildman–Crippen MR) is 106 cm³/mol. The fourth-order valence-corrected chi connectivity index (χ4v) is 4.26. The van der Waals surface area contributed by atoms with E-state index in [9.17, 15) is 4.79 Å². The Morgan fingerprint density at radius 1 is 1.15 bits per heavy atom. The molecule has 2 fully saturated rings. The van der Waals surface area contributed by atoms with E-state index in [2.05, 4.69) is 19.9 Å². The lowest BCUT2D eigenvalue weighted by atomic mass is 9.88. The second-order valence-electron chi connectivity index (χ2n) is 8.16. The van der Waals surface area contributed by atoms with Crippen LogP contribution in [0.1, 0.15) is 64.4 Å². The second kappa shape index (κ2) is 8.75. The van der Waals surface area contributed by atoms with E-state index in [-0.39, 0.29) is 5.92 Å². The topological polar surface area (TPSA) is 35.5 Å². The van der Waals surface area contributed by atoms with Crippen molar-refractivity contribution in [2.24, 2.45) is 17.8 Å². The Labute approximate surface area is 157 Å². The van der Waals surface area contributed by atoms with Crippen LogP contribution < -0.4 is 9.47 Å². The summed E-state index contributed by atoms with van der Waals surface area (Å²) in [6, 6.07) is 5.96. The minimum Gasteiger partial charge on any atom is -0.493 e. The Hall–Kier alpha value is -1.77. The number of benzene rings is 1. The molecule has 3 rings (SSSR count). The SMILES string of the molecule is COc1cc(/C=C2\CCC(C3CCCC3)C2=O)ccc1OCCC(C)C. The van der Waals surface area contributed by atoms with Gasteiger partial charge >= 0.3 is 0 Å². The summed E-state index contributed by atoms with van der Waals surface area (Å²) < 4.78 is 11.4. The van der Waals surface area contributed by atoms with Crippen molar-refractivity contribution >= 4 is 11.9 Å². The lowest BCUT2D eigenvalue weighted by Gasteiger charge is -2.15. The van der Waals surface area contributed by atoms with Gasteiger partial charge in [0.2, 0.25) is 0 Å². The molecule has 142 valence electrons. The third kappa shape index (κ3) is 4.49. The highest BCUT2D eigenvalue weighted by Gasteiger charge is 2.36. The van der Waals surface area contributed by atoms with Crippen LogP contribution in [0.5, 0.6) is 11.5 Å². The standard InChI is InChI=1S/C23H32O3/c1-16(2)12-13-26-21-11-8-17(15-22(21)25-3)14-19-9-10-20(23(19)24)18-6-4-5-7-18/h8,11,14-16,18,20H,4-7,9-10,12-13H2,1-3H3/b19-14+. The van der Waals surface area contributed by atoms with E-state index in [1.165, 1.54) is 25.7 Å². The summed E-state index contributed by atoms with van der Waals surface area (Å²) >= 11 is 0. The van der Waals surface area contributed by atoms with Crippen LogP contribution in [0, 0.1) is 17.8 Å². The molecule has 0 aliphatic heterocycles. The summed E-state index contributed by atoms with van der Waals surface area (Å²) in [6.45, 7) is 5.07. The molecular weight excluding hydrogens is 324 g/mol. The van der Waals surface area contributed by atoms with Gasteiger partial charge in [0.05, 0.1) is 13.7 Å². The zero-order valence-electron chi connectivity index (χ0n) is 16.4. The van der Waals surface area contributed by atoms with Crippen molar-refractivity contribution in [1.82, 2.24) is 0 Å². The Kier molecular flexibility index (Phi) is 6.39. The molecule has 0 aromatic heterocycles. The lowest BCUT2D eigenvalue weighted by molar-refractivity contribution is -0.119. The molecular formula is C23H32O3. The maximum Gasteiger partial charge on any atom is 0.162 e. The summed E-state index contributed by atoms with van der Waals surface area (Å²) in [6.07, 6.45) is 10.1. The molecule has 0 amide bonds. The first-order valence-electron chi connectivity index (χ1n) is 10.1. The highest BCUT2D eigenvalue weighted by atomic mass is 16.5. The van der Waals surface area contributed by atoms with Crippen LogP contribution in [0.3, 0.4) is 0 Å². The lowest BCUT2D eigenvalue weighted by Crippen LogP contribution is -2.16. The molecule has 0 heterocycles. The quantitative estimate of drug-likeness (QED) is 0.590. The molecule has 0 spiro atoms. The van der Waals surface area contributed by atoms with Gasteiger partial charge in [-0.1, -0.05) is 32.8 Å². The molecule has 26 heavy (non-hydrogen) atoms. The molecule has 1 unspecified atom stereocenters. The van der Waals surface area contributed by atoms with Gasteiger partial charge in [-0.2, -0.15) is 0 Å². The summed E-state index contributed by atoms with van der Waals surface area (Å²) in [5.41, 5.74) is 2.01. The van der Waals surface area contributed by atoms with Gasteiger partial charge in [-0.3, -0.25) is 4.79 Å². The fraction of sp³-hybridized carbons (Fsp3) is 0.609. The van der Waals surface area contributed by atoms with Crippen LogP contribution >= 0.6 is 0 Å². The third-order valence-corrected chi connectivity index (χ3v) is 5.83. The van der Waals surface area contributed by atoms with Crippen molar-refractivity contribution in [2.45, 2.75) is 58.8 Å². The van der Waals surface area contributed by atoms with Gasteiger partial charge < -0.3 is 9.47 Å². The molecule has 1 aromatic carbocycles. The zero-order chi connectivity index (χ0) is 18.5. The minimum absolute atomic E-state index is 0.268. The summed E-state index contributed by atoms with van der Waals surface area (Å²) in [4.78, 5) is 12.8.